The Hall–Kier alpha value is -2.03. The van der Waals surface area contributed by atoms with Crippen molar-refractivity contribution in [2.75, 3.05) is 7.05 Å². The number of nitrogens with zero attached hydrogens (tertiary/aromatic N) is 1. The molecule has 0 saturated carbocycles. The quantitative estimate of drug-likeness (QED) is 0.757. The van der Waals surface area contributed by atoms with E-state index in [4.69, 9.17) is 14.6 Å². The summed E-state index contributed by atoms with van der Waals surface area (Å²) >= 11 is 0. The summed E-state index contributed by atoms with van der Waals surface area (Å²) in [6.45, 7) is 5.91. The second-order valence-corrected chi connectivity index (χ2v) is 7.23. The second kappa shape index (κ2) is 7.92. The van der Waals surface area contributed by atoms with Gasteiger partial charge in [0.2, 0.25) is 0 Å². The molecule has 0 spiro atoms. The number of alkyl halides is 3. The maximum absolute atomic E-state index is 12.4. The highest BCUT2D eigenvalue weighted by atomic mass is 19.4. The molecule has 3 rings (SSSR count). The Labute approximate surface area is 155 Å². The van der Waals surface area contributed by atoms with Crippen molar-refractivity contribution in [2.24, 2.45) is 0 Å². The maximum Gasteiger partial charge on any atom is 0.490 e. The number of rotatable bonds is 2. The first-order valence-corrected chi connectivity index (χ1v) is 8.80. The van der Waals surface area contributed by atoms with Crippen molar-refractivity contribution in [2.45, 2.75) is 70.8 Å². The first-order chi connectivity index (χ1) is 12.4. The number of aryl methyl sites for hydroxylation is 2. The molecule has 0 aliphatic carbocycles. The topological polar surface area (TPSA) is 82.6 Å². The molecule has 2 aliphatic rings. The summed E-state index contributed by atoms with van der Waals surface area (Å²) in [6, 6.07) is 1.20. The van der Waals surface area contributed by atoms with Crippen LogP contribution in [0.5, 0.6) is 0 Å². The summed E-state index contributed by atoms with van der Waals surface area (Å²) in [7, 11) is 2.20. The highest BCUT2D eigenvalue weighted by Gasteiger charge is 2.40. The lowest BCUT2D eigenvalue weighted by Gasteiger charge is -2.35. The molecule has 27 heavy (non-hydrogen) atoms. The monoisotopic (exact) mass is 390 g/mol. The largest absolute Gasteiger partial charge is 0.490 e. The Morgan fingerprint density at radius 3 is 1.96 bits per heavy atom. The molecule has 1 unspecified atom stereocenters. The van der Waals surface area contributed by atoms with E-state index in [1.807, 2.05) is 20.8 Å². The molecule has 0 radical (unpaired) electrons. The first-order valence-electron chi connectivity index (χ1n) is 8.80. The van der Waals surface area contributed by atoms with Gasteiger partial charge in [0.15, 0.2) is 0 Å². The number of carboxylic acid groups (broad SMARTS) is 1. The van der Waals surface area contributed by atoms with E-state index in [0.717, 1.165) is 35.4 Å². The van der Waals surface area contributed by atoms with Crippen LogP contribution < -0.4 is 0 Å². The molecule has 3 atom stereocenters. The predicted molar refractivity (Wildman–Crippen MR) is 91.7 cm³/mol. The zero-order chi connectivity index (χ0) is 20.5. The molecule has 1 aromatic rings. The summed E-state index contributed by atoms with van der Waals surface area (Å²) in [5.41, 5.74) is 3.72. The summed E-state index contributed by atoms with van der Waals surface area (Å²) in [4.78, 5) is 27.0. The number of fused-ring (bicyclic) bond motifs is 2. The van der Waals surface area contributed by atoms with Crippen LogP contribution in [0, 0.1) is 20.8 Å². The number of esters is 1. The van der Waals surface area contributed by atoms with Gasteiger partial charge >= 0.3 is 18.1 Å². The summed E-state index contributed by atoms with van der Waals surface area (Å²) in [5.74, 6) is -2.91. The molecule has 2 saturated heterocycles. The fraction of sp³-hybridized carbons (Fsp3) is 0.667. The average molecular weight is 390 g/mol. The Bertz CT molecular complexity index is 700. The van der Waals surface area contributed by atoms with Crippen LogP contribution in [-0.2, 0) is 9.53 Å². The fourth-order valence-electron chi connectivity index (χ4n) is 3.88. The number of piperidine rings is 1. The third kappa shape index (κ3) is 4.82. The predicted octanol–water partition coefficient (Wildman–Crippen LogP) is 3.36. The van der Waals surface area contributed by atoms with Gasteiger partial charge in [-0.1, -0.05) is 0 Å². The van der Waals surface area contributed by atoms with Crippen LogP contribution in [0.3, 0.4) is 0 Å². The van der Waals surface area contributed by atoms with E-state index in [9.17, 15) is 18.0 Å². The molecule has 9 heteroatoms. The number of hydrogen-bond acceptors (Lipinski definition) is 4. The zero-order valence-corrected chi connectivity index (χ0v) is 15.8. The molecule has 2 aliphatic heterocycles. The van der Waals surface area contributed by atoms with Gasteiger partial charge < -0.3 is 19.7 Å². The number of aromatic nitrogens is 1. The highest BCUT2D eigenvalue weighted by molar-refractivity contribution is 5.93. The molecular formula is C18H25F3N2O4. The Balaban J connectivity index is 0.000000321. The fourth-order valence-corrected chi connectivity index (χ4v) is 3.88. The van der Waals surface area contributed by atoms with Crippen molar-refractivity contribution in [3.63, 3.8) is 0 Å². The lowest BCUT2D eigenvalue weighted by Crippen LogP contribution is -2.43. The number of nitrogens with one attached hydrogen (secondary N) is 1. The highest BCUT2D eigenvalue weighted by Crippen LogP contribution is 2.36. The summed E-state index contributed by atoms with van der Waals surface area (Å²) in [6.07, 6.45) is -0.529. The van der Waals surface area contributed by atoms with E-state index in [2.05, 4.69) is 16.9 Å². The normalized spacial score (nSPS) is 24.9. The van der Waals surface area contributed by atoms with Gasteiger partial charge in [0, 0.05) is 36.3 Å². The Kier molecular flexibility index (Phi) is 6.24. The van der Waals surface area contributed by atoms with Gasteiger partial charge in [-0.15, -0.1) is 0 Å². The minimum atomic E-state index is -5.08. The van der Waals surface area contributed by atoms with Crippen molar-refractivity contribution < 1.29 is 32.6 Å². The molecule has 3 heterocycles. The summed E-state index contributed by atoms with van der Waals surface area (Å²) in [5, 5.41) is 7.12. The molecule has 2 fully saturated rings. The molecule has 1 aromatic heterocycles. The number of hydrogen-bond donors (Lipinski definition) is 2. The van der Waals surface area contributed by atoms with Gasteiger partial charge in [0.1, 0.15) is 6.10 Å². The SMILES string of the molecule is Cc1[nH]c(C)c(C(=O)OC2C[C@H]3CC[C@@H](C2)N3C)c1C.O=C(O)C(F)(F)F. The van der Waals surface area contributed by atoms with Crippen molar-refractivity contribution in [3.8, 4) is 0 Å². The van der Waals surface area contributed by atoms with Gasteiger partial charge in [0.05, 0.1) is 5.56 Å². The Morgan fingerprint density at radius 1 is 1.11 bits per heavy atom. The van der Waals surface area contributed by atoms with Crippen LogP contribution in [0.15, 0.2) is 0 Å². The third-order valence-electron chi connectivity index (χ3n) is 5.46. The van der Waals surface area contributed by atoms with Crippen molar-refractivity contribution in [1.29, 1.82) is 0 Å². The number of carboxylic acids is 1. The van der Waals surface area contributed by atoms with Gasteiger partial charge in [-0.05, 0) is 46.2 Å². The molecule has 2 N–H and O–H groups in total. The van der Waals surface area contributed by atoms with Gasteiger partial charge in [0.25, 0.3) is 0 Å². The van der Waals surface area contributed by atoms with Crippen LogP contribution in [-0.4, -0.2) is 58.3 Å². The summed E-state index contributed by atoms with van der Waals surface area (Å²) < 4.78 is 37.5. The van der Waals surface area contributed by atoms with Gasteiger partial charge in [-0.2, -0.15) is 13.2 Å². The Morgan fingerprint density at radius 2 is 1.59 bits per heavy atom. The smallest absolute Gasteiger partial charge is 0.475 e. The molecular weight excluding hydrogens is 365 g/mol. The molecule has 6 nitrogen and oxygen atoms in total. The number of aliphatic carboxylic acids is 1. The number of halogens is 3. The second-order valence-electron chi connectivity index (χ2n) is 7.23. The van der Waals surface area contributed by atoms with Gasteiger partial charge in [-0.3, -0.25) is 0 Å². The van der Waals surface area contributed by atoms with E-state index in [1.54, 1.807) is 0 Å². The lowest BCUT2D eigenvalue weighted by atomic mass is 10.0. The molecule has 152 valence electrons. The molecule has 0 aromatic carbocycles. The lowest BCUT2D eigenvalue weighted by molar-refractivity contribution is -0.192. The minimum Gasteiger partial charge on any atom is -0.475 e. The van der Waals surface area contributed by atoms with Crippen LogP contribution in [0.2, 0.25) is 0 Å². The number of ether oxygens (including phenoxy) is 1. The van der Waals surface area contributed by atoms with Crippen molar-refractivity contribution >= 4 is 11.9 Å². The van der Waals surface area contributed by atoms with Gasteiger partial charge in [-0.25, -0.2) is 9.59 Å². The van der Waals surface area contributed by atoms with E-state index in [1.165, 1.54) is 12.8 Å². The van der Waals surface area contributed by atoms with Crippen LogP contribution in [0.1, 0.15) is 53.0 Å². The standard InChI is InChI=1S/C16H24N2O2.C2HF3O2/c1-9-10(2)17-11(3)15(9)16(19)20-14-7-12-5-6-13(8-14)18(12)4;3-2(4,5)1(6)7/h12-14,17H,5-8H2,1-4H3;(H,6,7)/t12-,13+,14?;. The average Bonchev–Trinajstić information content (AvgIpc) is 2.90. The minimum absolute atomic E-state index is 0.0882. The molecule has 0 amide bonds. The molecule has 2 bridgehead atoms. The van der Waals surface area contributed by atoms with E-state index in [-0.39, 0.29) is 12.1 Å². The number of carbonyl (C=O) groups excluding carboxylic acids is 1. The van der Waals surface area contributed by atoms with E-state index in [0.29, 0.717) is 12.1 Å². The van der Waals surface area contributed by atoms with Crippen LogP contribution >= 0.6 is 0 Å². The van der Waals surface area contributed by atoms with E-state index >= 15 is 0 Å². The van der Waals surface area contributed by atoms with E-state index < -0.39 is 12.1 Å². The maximum atomic E-state index is 12.4. The zero-order valence-electron chi connectivity index (χ0n) is 15.8. The van der Waals surface area contributed by atoms with Crippen LogP contribution in [0.25, 0.3) is 0 Å². The number of carbonyl (C=O) groups is 2. The van der Waals surface area contributed by atoms with Crippen molar-refractivity contribution in [1.82, 2.24) is 9.88 Å². The number of aromatic amines is 1. The number of H-pyrrole nitrogens is 1. The first kappa shape index (κ1) is 21.3. The third-order valence-corrected chi connectivity index (χ3v) is 5.46. The van der Waals surface area contributed by atoms with Crippen molar-refractivity contribution in [3.05, 3.63) is 22.5 Å². The van der Waals surface area contributed by atoms with Crippen LogP contribution in [0.4, 0.5) is 13.2 Å².